The summed E-state index contributed by atoms with van der Waals surface area (Å²) in [6.45, 7) is -0.860. The number of halogens is 2. The van der Waals surface area contributed by atoms with Gasteiger partial charge in [-0.2, -0.15) is 0 Å². The van der Waals surface area contributed by atoms with Gasteiger partial charge in [0, 0.05) is 11.6 Å². The molecule has 4 rings (SSSR count). The molecule has 0 spiro atoms. The van der Waals surface area contributed by atoms with Gasteiger partial charge in [0.05, 0.1) is 0 Å². The molecule has 0 radical (unpaired) electrons. The third-order valence-electron chi connectivity index (χ3n) is 3.98. The van der Waals surface area contributed by atoms with E-state index in [4.69, 9.17) is 0 Å². The molecule has 0 aliphatic rings. The number of aromatic hydroxyl groups is 1. The Labute approximate surface area is 155 Å². The third-order valence-corrected chi connectivity index (χ3v) is 3.98. The fraction of sp³-hybridized carbons (Fsp3) is 0. The molecule has 2 N–H and O–H groups in total. The van der Waals surface area contributed by atoms with Crippen LogP contribution in [0.3, 0.4) is 0 Å². The van der Waals surface area contributed by atoms with Gasteiger partial charge in [-0.3, -0.25) is 4.98 Å². The largest absolute Gasteiger partial charge is 0.506 e. The topological polar surface area (TPSA) is 53.4 Å². The predicted octanol–water partition coefficient (Wildman–Crippen LogP) is 3.00. The van der Waals surface area contributed by atoms with Crippen LogP contribution in [0.2, 0.25) is 0 Å². The van der Waals surface area contributed by atoms with E-state index >= 15 is 0 Å². The van der Waals surface area contributed by atoms with Gasteiger partial charge in [-0.1, -0.05) is 42.5 Å². The first-order valence-electron chi connectivity index (χ1n) is 8.26. The smallest absolute Gasteiger partial charge is 0.358 e. The highest BCUT2D eigenvalue weighted by Gasteiger charge is 2.16. The maximum atomic E-state index is 12.7. The molecule has 134 valence electrons. The fourth-order valence-electron chi connectivity index (χ4n) is 2.57. The second kappa shape index (κ2) is 8.42. The highest BCUT2D eigenvalue weighted by molar-refractivity contribution is 6.78. The lowest BCUT2D eigenvalue weighted by Crippen LogP contribution is -2.42. The molecule has 3 aromatic carbocycles. The first kappa shape index (κ1) is 18.5. The Balaban J connectivity index is 0.000000166. The first-order chi connectivity index (χ1) is 13.0. The minimum atomic E-state index is -0.860. The normalized spacial score (nSPS) is 10.2. The molecule has 0 fully saturated rings. The standard InChI is InChI=1S/C12H9BF2O.C9H7NO/c14-11-5-1-9(2-6-11)13(16)10-3-7-12(15)8-4-10;11-8-5-1-3-7-4-2-6-10-9(7)8/h1-8,16H;1-6,11H. The van der Waals surface area contributed by atoms with E-state index in [0.717, 1.165) is 5.39 Å². The predicted molar refractivity (Wildman–Crippen MR) is 103 cm³/mol. The van der Waals surface area contributed by atoms with Crippen LogP contribution in [0.25, 0.3) is 10.9 Å². The van der Waals surface area contributed by atoms with E-state index in [1.807, 2.05) is 18.2 Å². The summed E-state index contributed by atoms with van der Waals surface area (Å²) in [6, 6.07) is 20.3. The van der Waals surface area contributed by atoms with Crippen LogP contribution >= 0.6 is 0 Å². The number of rotatable bonds is 2. The van der Waals surface area contributed by atoms with Crippen LogP contribution in [0, 0.1) is 11.6 Å². The van der Waals surface area contributed by atoms with E-state index in [0.29, 0.717) is 16.4 Å². The summed E-state index contributed by atoms with van der Waals surface area (Å²) in [5.41, 5.74) is 1.82. The lowest BCUT2D eigenvalue weighted by atomic mass is 9.56. The average molecular weight is 363 g/mol. The van der Waals surface area contributed by atoms with Gasteiger partial charge in [0.2, 0.25) is 0 Å². The molecule has 0 atom stereocenters. The summed E-state index contributed by atoms with van der Waals surface area (Å²) in [6.07, 6.45) is 1.67. The number of para-hydroxylation sites is 1. The van der Waals surface area contributed by atoms with Crippen molar-refractivity contribution in [2.24, 2.45) is 0 Å². The minimum absolute atomic E-state index is 0.239. The Hall–Kier alpha value is -3.25. The van der Waals surface area contributed by atoms with Gasteiger partial charge in [-0.25, -0.2) is 8.78 Å². The SMILES string of the molecule is OB(c1ccc(F)cc1)c1ccc(F)cc1.Oc1cccc2cccnc12. The quantitative estimate of drug-likeness (QED) is 0.539. The van der Waals surface area contributed by atoms with E-state index in [1.165, 1.54) is 48.5 Å². The molecule has 4 aromatic rings. The van der Waals surface area contributed by atoms with Crippen molar-refractivity contribution in [1.29, 1.82) is 0 Å². The average Bonchev–Trinajstić information content (AvgIpc) is 2.70. The monoisotopic (exact) mass is 363 g/mol. The van der Waals surface area contributed by atoms with Gasteiger partial charge in [0.1, 0.15) is 22.9 Å². The van der Waals surface area contributed by atoms with E-state index in [-0.39, 0.29) is 17.4 Å². The van der Waals surface area contributed by atoms with Crippen LogP contribution in [0.5, 0.6) is 5.75 Å². The van der Waals surface area contributed by atoms with Gasteiger partial charge in [0.15, 0.2) is 0 Å². The Morgan fingerprint density at radius 3 is 1.74 bits per heavy atom. The van der Waals surface area contributed by atoms with Gasteiger partial charge in [-0.15, -0.1) is 0 Å². The Morgan fingerprint density at radius 1 is 0.704 bits per heavy atom. The molecule has 0 amide bonds. The number of phenols is 1. The van der Waals surface area contributed by atoms with Crippen molar-refractivity contribution in [2.75, 3.05) is 0 Å². The number of hydrogen-bond acceptors (Lipinski definition) is 3. The molecule has 6 heteroatoms. The van der Waals surface area contributed by atoms with E-state index in [1.54, 1.807) is 18.3 Å². The molecule has 27 heavy (non-hydrogen) atoms. The second-order valence-electron chi connectivity index (χ2n) is 5.86. The summed E-state index contributed by atoms with van der Waals surface area (Å²) in [5, 5.41) is 20.2. The number of fused-ring (bicyclic) bond motifs is 1. The van der Waals surface area contributed by atoms with Crippen LogP contribution < -0.4 is 10.9 Å². The summed E-state index contributed by atoms with van der Waals surface area (Å²) >= 11 is 0. The summed E-state index contributed by atoms with van der Waals surface area (Å²) < 4.78 is 25.3. The van der Waals surface area contributed by atoms with Crippen molar-refractivity contribution in [3.63, 3.8) is 0 Å². The van der Waals surface area contributed by atoms with Crippen molar-refractivity contribution in [3.05, 3.63) is 96.7 Å². The van der Waals surface area contributed by atoms with Gasteiger partial charge >= 0.3 is 6.92 Å². The van der Waals surface area contributed by atoms with Gasteiger partial charge in [-0.05, 0) is 47.3 Å². The number of hydrogen-bond donors (Lipinski definition) is 2. The molecule has 1 aromatic heterocycles. The summed E-state index contributed by atoms with van der Waals surface area (Å²) in [7, 11) is 0. The Kier molecular flexibility index (Phi) is 5.79. The molecular formula is C21H16BF2NO2. The van der Waals surface area contributed by atoms with Crippen molar-refractivity contribution in [3.8, 4) is 5.75 Å². The Morgan fingerprint density at radius 2 is 1.22 bits per heavy atom. The lowest BCUT2D eigenvalue weighted by Gasteiger charge is -2.06. The molecule has 0 saturated heterocycles. The lowest BCUT2D eigenvalue weighted by molar-refractivity contribution is 0.480. The zero-order valence-corrected chi connectivity index (χ0v) is 14.3. The maximum Gasteiger partial charge on any atom is 0.358 e. The van der Waals surface area contributed by atoms with Crippen molar-refractivity contribution in [1.82, 2.24) is 4.98 Å². The van der Waals surface area contributed by atoms with Gasteiger partial charge in [0.25, 0.3) is 0 Å². The van der Waals surface area contributed by atoms with Gasteiger partial charge < -0.3 is 10.1 Å². The highest BCUT2D eigenvalue weighted by atomic mass is 19.1. The molecule has 0 bridgehead atoms. The Bertz CT molecular complexity index is 973. The molecule has 0 aliphatic carbocycles. The molecule has 3 nitrogen and oxygen atoms in total. The number of benzene rings is 3. The minimum Gasteiger partial charge on any atom is -0.506 e. The molecule has 0 unspecified atom stereocenters. The number of pyridine rings is 1. The van der Waals surface area contributed by atoms with Crippen molar-refractivity contribution in [2.45, 2.75) is 0 Å². The molecule has 0 aliphatic heterocycles. The van der Waals surface area contributed by atoms with E-state index in [9.17, 15) is 18.9 Å². The molecule has 1 heterocycles. The molecule has 0 saturated carbocycles. The van der Waals surface area contributed by atoms with E-state index in [2.05, 4.69) is 4.98 Å². The molecular weight excluding hydrogens is 347 g/mol. The number of nitrogens with zero attached hydrogens (tertiary/aromatic N) is 1. The second-order valence-corrected chi connectivity index (χ2v) is 5.86. The van der Waals surface area contributed by atoms with E-state index < -0.39 is 6.92 Å². The summed E-state index contributed by atoms with van der Waals surface area (Å²) in [4.78, 5) is 4.03. The number of aromatic nitrogens is 1. The van der Waals surface area contributed by atoms with Crippen LogP contribution in [0.15, 0.2) is 85.1 Å². The third kappa shape index (κ3) is 4.68. The van der Waals surface area contributed by atoms with Crippen LogP contribution in [-0.4, -0.2) is 22.0 Å². The zero-order chi connectivity index (χ0) is 19.2. The van der Waals surface area contributed by atoms with Crippen LogP contribution in [0.1, 0.15) is 0 Å². The van der Waals surface area contributed by atoms with Crippen molar-refractivity contribution >= 4 is 28.7 Å². The van der Waals surface area contributed by atoms with Crippen LogP contribution in [-0.2, 0) is 0 Å². The maximum absolute atomic E-state index is 12.7. The number of phenolic OH excluding ortho intramolecular Hbond substituents is 1. The van der Waals surface area contributed by atoms with Crippen molar-refractivity contribution < 1.29 is 18.9 Å². The zero-order valence-electron chi connectivity index (χ0n) is 14.3. The first-order valence-corrected chi connectivity index (χ1v) is 8.26. The highest BCUT2D eigenvalue weighted by Crippen LogP contribution is 2.20. The summed E-state index contributed by atoms with van der Waals surface area (Å²) in [5.74, 6) is -0.465. The fourth-order valence-corrected chi connectivity index (χ4v) is 2.57. The van der Waals surface area contributed by atoms with Crippen LogP contribution in [0.4, 0.5) is 8.78 Å².